The van der Waals surface area contributed by atoms with E-state index in [0.29, 0.717) is 24.9 Å². The molecule has 0 bridgehead atoms. The molecule has 9 heteroatoms. The lowest BCUT2D eigenvalue weighted by atomic mass is 10.1. The highest BCUT2D eigenvalue weighted by molar-refractivity contribution is 7.89. The van der Waals surface area contributed by atoms with Gasteiger partial charge < -0.3 is 5.32 Å². The zero-order chi connectivity index (χ0) is 17.7. The highest BCUT2D eigenvalue weighted by Crippen LogP contribution is 2.28. The molecule has 0 radical (unpaired) electrons. The molecule has 1 aromatic rings. The van der Waals surface area contributed by atoms with Crippen molar-refractivity contribution in [3.63, 3.8) is 0 Å². The third kappa shape index (κ3) is 4.91. The summed E-state index contributed by atoms with van der Waals surface area (Å²) in [7, 11) is -3.76. The minimum absolute atomic E-state index is 0. The highest BCUT2D eigenvalue weighted by Gasteiger charge is 2.33. The lowest BCUT2D eigenvalue weighted by Crippen LogP contribution is -2.46. The van der Waals surface area contributed by atoms with E-state index in [4.69, 9.17) is 0 Å². The van der Waals surface area contributed by atoms with Gasteiger partial charge in [0.25, 0.3) is 5.69 Å². The smallest absolute Gasteiger partial charge is 0.270 e. The van der Waals surface area contributed by atoms with Gasteiger partial charge in [-0.15, -0.1) is 12.4 Å². The van der Waals surface area contributed by atoms with Crippen LogP contribution in [0.15, 0.2) is 23.1 Å². The predicted molar refractivity (Wildman–Crippen MR) is 99.8 cm³/mol. The van der Waals surface area contributed by atoms with Crippen molar-refractivity contribution in [2.24, 2.45) is 0 Å². The van der Waals surface area contributed by atoms with Gasteiger partial charge in [-0.05, 0) is 44.3 Å². The minimum Gasteiger partial charge on any atom is -0.317 e. The third-order valence-corrected chi connectivity index (χ3v) is 6.42. The van der Waals surface area contributed by atoms with Crippen LogP contribution in [0, 0.1) is 10.1 Å². The van der Waals surface area contributed by atoms with E-state index in [1.54, 1.807) is 10.4 Å². The average molecular weight is 392 g/mol. The number of piperidine rings is 1. The van der Waals surface area contributed by atoms with Crippen LogP contribution < -0.4 is 5.32 Å². The molecule has 2 rings (SSSR count). The molecule has 1 aliphatic heterocycles. The normalized spacial score (nSPS) is 15.8. The van der Waals surface area contributed by atoms with Crippen LogP contribution in [0.4, 0.5) is 5.69 Å². The summed E-state index contributed by atoms with van der Waals surface area (Å²) in [4.78, 5) is 10.6. The van der Waals surface area contributed by atoms with Crippen LogP contribution in [0.25, 0.3) is 0 Å². The van der Waals surface area contributed by atoms with Gasteiger partial charge in [-0.3, -0.25) is 10.1 Å². The molecule has 1 fully saturated rings. The van der Waals surface area contributed by atoms with E-state index in [1.807, 2.05) is 13.8 Å². The summed E-state index contributed by atoms with van der Waals surface area (Å²) in [5.74, 6) is 0. The number of non-ortho nitro benzene ring substituents is 1. The van der Waals surface area contributed by atoms with E-state index in [0.717, 1.165) is 25.9 Å². The topological polar surface area (TPSA) is 92.6 Å². The van der Waals surface area contributed by atoms with E-state index in [2.05, 4.69) is 5.32 Å². The second-order valence-corrected chi connectivity index (χ2v) is 7.86. The first kappa shape index (κ1) is 21.8. The van der Waals surface area contributed by atoms with Crippen LogP contribution in [-0.2, 0) is 16.4 Å². The van der Waals surface area contributed by atoms with E-state index in [9.17, 15) is 18.5 Å². The van der Waals surface area contributed by atoms with E-state index in [-0.39, 0.29) is 29.0 Å². The molecule has 1 N–H and O–H groups in total. The van der Waals surface area contributed by atoms with Crippen molar-refractivity contribution in [2.75, 3.05) is 19.6 Å². The van der Waals surface area contributed by atoms with Gasteiger partial charge in [-0.1, -0.05) is 19.9 Å². The molecule has 1 aromatic carbocycles. The lowest BCUT2D eigenvalue weighted by Gasteiger charge is -2.34. The number of nitro benzene ring substituents is 1. The van der Waals surface area contributed by atoms with Crippen LogP contribution in [0.1, 0.15) is 38.7 Å². The van der Waals surface area contributed by atoms with Crippen LogP contribution in [0.2, 0.25) is 0 Å². The summed E-state index contributed by atoms with van der Waals surface area (Å²) >= 11 is 0. The van der Waals surface area contributed by atoms with Crippen LogP contribution in [0.5, 0.6) is 0 Å². The Morgan fingerprint density at radius 2 is 1.92 bits per heavy atom. The third-order valence-electron chi connectivity index (χ3n) is 4.39. The maximum absolute atomic E-state index is 13.3. The van der Waals surface area contributed by atoms with Gasteiger partial charge >= 0.3 is 0 Å². The summed E-state index contributed by atoms with van der Waals surface area (Å²) in [6.45, 7) is 5.80. The molecule has 142 valence electrons. The van der Waals surface area contributed by atoms with Crippen molar-refractivity contribution in [3.05, 3.63) is 33.9 Å². The molecular formula is C16H26ClN3O4S. The van der Waals surface area contributed by atoms with Gasteiger partial charge in [-0.25, -0.2) is 8.42 Å². The van der Waals surface area contributed by atoms with Gasteiger partial charge in [0.1, 0.15) is 0 Å². The fourth-order valence-corrected chi connectivity index (χ4v) is 5.22. The second kappa shape index (κ2) is 9.47. The van der Waals surface area contributed by atoms with Crippen molar-refractivity contribution in [1.82, 2.24) is 9.62 Å². The maximum Gasteiger partial charge on any atom is 0.270 e. The largest absolute Gasteiger partial charge is 0.317 e. The molecule has 1 aliphatic rings. The standard InChI is InChI=1S/C16H25N3O4S.ClH/c1-3-11-18(14-7-9-17-10-8-14)24(22,23)16-12-15(19(20)21)6-5-13(16)4-2;/h5-6,12,14,17H,3-4,7-11H2,1-2H3;1H. The molecule has 0 atom stereocenters. The van der Waals surface area contributed by atoms with E-state index >= 15 is 0 Å². The van der Waals surface area contributed by atoms with Gasteiger partial charge in [0.15, 0.2) is 0 Å². The zero-order valence-electron chi connectivity index (χ0n) is 14.6. The Labute approximate surface area is 155 Å². The highest BCUT2D eigenvalue weighted by atomic mass is 35.5. The SMILES string of the molecule is CCCN(C1CCNCC1)S(=O)(=O)c1cc([N+](=O)[O-])ccc1CC.Cl. The molecule has 0 spiro atoms. The Morgan fingerprint density at radius 3 is 2.44 bits per heavy atom. The molecule has 1 heterocycles. The number of hydrogen-bond donors (Lipinski definition) is 1. The quantitative estimate of drug-likeness (QED) is 0.569. The molecular weight excluding hydrogens is 366 g/mol. The first-order valence-electron chi connectivity index (χ1n) is 8.41. The van der Waals surface area contributed by atoms with Gasteiger partial charge in [0, 0.05) is 24.7 Å². The number of benzene rings is 1. The number of nitrogens with zero attached hydrogens (tertiary/aromatic N) is 2. The number of rotatable bonds is 7. The predicted octanol–water partition coefficient (Wildman–Crippen LogP) is 2.73. The van der Waals surface area contributed by atoms with Crippen molar-refractivity contribution < 1.29 is 13.3 Å². The van der Waals surface area contributed by atoms with Crippen LogP contribution >= 0.6 is 12.4 Å². The Kier molecular flexibility index (Phi) is 8.27. The Morgan fingerprint density at radius 1 is 1.28 bits per heavy atom. The van der Waals surface area contributed by atoms with Gasteiger partial charge in [-0.2, -0.15) is 4.31 Å². The van der Waals surface area contributed by atoms with Gasteiger partial charge in [0.05, 0.1) is 9.82 Å². The van der Waals surface area contributed by atoms with E-state index in [1.165, 1.54) is 12.1 Å². The fraction of sp³-hybridized carbons (Fsp3) is 0.625. The van der Waals surface area contributed by atoms with E-state index < -0.39 is 14.9 Å². The number of hydrogen-bond acceptors (Lipinski definition) is 5. The minimum atomic E-state index is -3.76. The van der Waals surface area contributed by atoms with Gasteiger partial charge in [0.2, 0.25) is 10.0 Å². The van der Waals surface area contributed by atoms with Crippen molar-refractivity contribution >= 4 is 28.1 Å². The number of sulfonamides is 1. The van der Waals surface area contributed by atoms with Crippen LogP contribution in [-0.4, -0.2) is 43.3 Å². The van der Waals surface area contributed by atoms with Crippen molar-refractivity contribution in [1.29, 1.82) is 0 Å². The fourth-order valence-electron chi connectivity index (χ4n) is 3.13. The average Bonchev–Trinajstić information content (AvgIpc) is 2.59. The summed E-state index contributed by atoms with van der Waals surface area (Å²) in [6.07, 6.45) is 2.74. The first-order valence-corrected chi connectivity index (χ1v) is 9.85. The Bertz CT molecular complexity index is 691. The molecule has 0 aliphatic carbocycles. The summed E-state index contributed by atoms with van der Waals surface area (Å²) in [5.41, 5.74) is 0.433. The second-order valence-electron chi connectivity index (χ2n) is 6.00. The molecule has 7 nitrogen and oxygen atoms in total. The molecule has 0 unspecified atom stereocenters. The monoisotopic (exact) mass is 391 g/mol. The van der Waals surface area contributed by atoms with Crippen LogP contribution in [0.3, 0.4) is 0 Å². The number of halogens is 1. The zero-order valence-corrected chi connectivity index (χ0v) is 16.2. The molecule has 0 aromatic heterocycles. The maximum atomic E-state index is 13.3. The lowest BCUT2D eigenvalue weighted by molar-refractivity contribution is -0.385. The molecule has 0 amide bonds. The Hall–Kier alpha value is -1.22. The summed E-state index contributed by atoms with van der Waals surface area (Å²) < 4.78 is 28.1. The number of nitro groups is 1. The molecule has 1 saturated heterocycles. The number of nitrogens with one attached hydrogen (secondary N) is 1. The molecule has 25 heavy (non-hydrogen) atoms. The summed E-state index contributed by atoms with van der Waals surface area (Å²) in [6, 6.07) is 4.07. The summed E-state index contributed by atoms with van der Waals surface area (Å²) in [5, 5.41) is 14.3. The first-order chi connectivity index (χ1) is 11.4. The number of aryl methyl sites for hydroxylation is 1. The van der Waals surface area contributed by atoms with Crippen molar-refractivity contribution in [2.45, 2.75) is 50.5 Å². The molecule has 0 saturated carbocycles. The van der Waals surface area contributed by atoms with Crippen molar-refractivity contribution in [3.8, 4) is 0 Å². The Balaban J connectivity index is 0.00000312.